The van der Waals surface area contributed by atoms with Gasteiger partial charge < -0.3 is 0 Å². The second-order valence-corrected chi connectivity index (χ2v) is 6.38. The van der Waals surface area contributed by atoms with Crippen molar-refractivity contribution < 1.29 is 12.8 Å². The number of rotatable bonds is 2. The normalized spacial score (nSPS) is 18.2. The fourth-order valence-corrected chi connectivity index (χ4v) is 3.65. The maximum Gasteiger partial charge on any atom is 0.245 e. The Bertz CT molecular complexity index is 512. The van der Waals surface area contributed by atoms with Crippen molar-refractivity contribution in [1.82, 2.24) is 4.31 Å². The number of hydrogen-bond acceptors (Lipinski definition) is 2. The lowest BCUT2D eigenvalue weighted by atomic mass is 10.2. The SMILES string of the molecule is O=S(=O)(c1ccc(Cl)cc1F)N1CCCCC1. The second-order valence-electron chi connectivity index (χ2n) is 4.04. The fraction of sp³-hybridized carbons (Fsp3) is 0.455. The van der Waals surface area contributed by atoms with Gasteiger partial charge in [0.25, 0.3) is 0 Å². The largest absolute Gasteiger partial charge is 0.245 e. The number of hydrogen-bond donors (Lipinski definition) is 0. The average Bonchev–Trinajstić information content (AvgIpc) is 2.29. The van der Waals surface area contributed by atoms with Crippen LogP contribution in [0.4, 0.5) is 4.39 Å². The zero-order chi connectivity index (χ0) is 12.5. The van der Waals surface area contributed by atoms with Crippen LogP contribution in [-0.2, 0) is 10.0 Å². The Balaban J connectivity index is 2.37. The highest BCUT2D eigenvalue weighted by atomic mass is 35.5. The van der Waals surface area contributed by atoms with Crippen LogP contribution in [0.5, 0.6) is 0 Å². The molecule has 1 aromatic carbocycles. The molecule has 2 rings (SSSR count). The fourth-order valence-electron chi connectivity index (χ4n) is 1.93. The van der Waals surface area contributed by atoms with E-state index >= 15 is 0 Å². The molecule has 0 unspecified atom stereocenters. The topological polar surface area (TPSA) is 37.4 Å². The third-order valence-corrected chi connectivity index (χ3v) is 4.99. The first-order chi connectivity index (χ1) is 8.01. The molecule has 0 N–H and O–H groups in total. The minimum absolute atomic E-state index is 0.195. The van der Waals surface area contributed by atoms with E-state index in [1.165, 1.54) is 16.4 Å². The highest BCUT2D eigenvalue weighted by molar-refractivity contribution is 7.89. The molecule has 0 aromatic heterocycles. The summed E-state index contributed by atoms with van der Waals surface area (Å²) in [4.78, 5) is -0.288. The van der Waals surface area contributed by atoms with Crippen molar-refractivity contribution in [2.45, 2.75) is 24.2 Å². The summed E-state index contributed by atoms with van der Waals surface area (Å²) in [6, 6.07) is 3.64. The third kappa shape index (κ3) is 2.61. The summed E-state index contributed by atoms with van der Waals surface area (Å²) >= 11 is 5.60. The van der Waals surface area contributed by atoms with Crippen molar-refractivity contribution in [3.8, 4) is 0 Å². The van der Waals surface area contributed by atoms with Crippen LogP contribution in [0.15, 0.2) is 23.1 Å². The molecule has 1 aliphatic heterocycles. The standard InChI is InChI=1S/C11H13ClFNO2S/c12-9-4-5-11(10(13)8-9)17(15,16)14-6-2-1-3-7-14/h4-5,8H,1-3,6-7H2. The summed E-state index contributed by atoms with van der Waals surface area (Å²) in [5.74, 6) is -0.789. The summed E-state index contributed by atoms with van der Waals surface area (Å²) in [7, 11) is -3.71. The zero-order valence-electron chi connectivity index (χ0n) is 9.20. The summed E-state index contributed by atoms with van der Waals surface area (Å²) in [6.07, 6.45) is 2.68. The van der Waals surface area contributed by atoms with Crippen molar-refractivity contribution in [2.24, 2.45) is 0 Å². The van der Waals surface area contributed by atoms with Gasteiger partial charge >= 0.3 is 0 Å². The molecule has 3 nitrogen and oxygen atoms in total. The molecule has 6 heteroatoms. The predicted octanol–water partition coefficient (Wildman–Crippen LogP) is 2.65. The molecule has 0 aliphatic carbocycles. The lowest BCUT2D eigenvalue weighted by molar-refractivity contribution is 0.345. The van der Waals surface area contributed by atoms with E-state index in [1.54, 1.807) is 0 Å². The lowest BCUT2D eigenvalue weighted by Gasteiger charge is -2.25. The van der Waals surface area contributed by atoms with Crippen LogP contribution in [0.3, 0.4) is 0 Å². The van der Waals surface area contributed by atoms with Gasteiger partial charge in [-0.2, -0.15) is 4.31 Å². The quantitative estimate of drug-likeness (QED) is 0.833. The van der Waals surface area contributed by atoms with Gasteiger partial charge in [0.1, 0.15) is 10.7 Å². The molecule has 1 fully saturated rings. The molecular weight excluding hydrogens is 265 g/mol. The molecule has 0 atom stereocenters. The van der Waals surface area contributed by atoms with Gasteiger partial charge in [-0.05, 0) is 31.0 Å². The van der Waals surface area contributed by atoms with Crippen LogP contribution in [0.2, 0.25) is 5.02 Å². The minimum Gasteiger partial charge on any atom is -0.207 e. The predicted molar refractivity (Wildman–Crippen MR) is 64.0 cm³/mol. The van der Waals surface area contributed by atoms with Crippen LogP contribution in [0, 0.1) is 5.82 Å². The maximum absolute atomic E-state index is 13.6. The summed E-state index contributed by atoms with van der Waals surface area (Å²) in [5, 5.41) is 0.195. The first-order valence-electron chi connectivity index (χ1n) is 5.47. The van der Waals surface area contributed by atoms with Gasteiger partial charge in [0.2, 0.25) is 10.0 Å². The zero-order valence-corrected chi connectivity index (χ0v) is 10.8. The van der Waals surface area contributed by atoms with E-state index < -0.39 is 15.8 Å². The van der Waals surface area contributed by atoms with E-state index in [1.807, 2.05) is 0 Å². The Morgan fingerprint density at radius 1 is 1.18 bits per heavy atom. The minimum atomic E-state index is -3.71. The molecule has 1 saturated heterocycles. The van der Waals surface area contributed by atoms with E-state index in [9.17, 15) is 12.8 Å². The first-order valence-corrected chi connectivity index (χ1v) is 7.29. The van der Waals surface area contributed by atoms with Crippen molar-refractivity contribution in [3.05, 3.63) is 29.0 Å². The number of benzene rings is 1. The number of piperidine rings is 1. The first kappa shape index (κ1) is 12.8. The third-order valence-electron chi connectivity index (χ3n) is 2.83. The van der Waals surface area contributed by atoms with Crippen LogP contribution >= 0.6 is 11.6 Å². The molecule has 0 radical (unpaired) electrons. The molecule has 0 spiro atoms. The smallest absolute Gasteiger partial charge is 0.207 e. The Hall–Kier alpha value is -0.650. The number of halogens is 2. The molecule has 94 valence electrons. The molecule has 1 aromatic rings. The van der Waals surface area contributed by atoms with E-state index in [-0.39, 0.29) is 9.92 Å². The van der Waals surface area contributed by atoms with E-state index in [4.69, 9.17) is 11.6 Å². The molecule has 0 saturated carbocycles. The Morgan fingerprint density at radius 2 is 1.82 bits per heavy atom. The highest BCUT2D eigenvalue weighted by Crippen LogP contribution is 2.24. The molecule has 1 heterocycles. The van der Waals surface area contributed by atoms with Crippen LogP contribution in [0.25, 0.3) is 0 Å². The van der Waals surface area contributed by atoms with Gasteiger partial charge in [0.15, 0.2) is 0 Å². The average molecular weight is 278 g/mol. The highest BCUT2D eigenvalue weighted by Gasteiger charge is 2.28. The van der Waals surface area contributed by atoms with Gasteiger partial charge in [-0.3, -0.25) is 0 Å². The van der Waals surface area contributed by atoms with Crippen molar-refractivity contribution >= 4 is 21.6 Å². The monoisotopic (exact) mass is 277 g/mol. The molecular formula is C11H13ClFNO2S. The van der Waals surface area contributed by atoms with E-state index in [0.717, 1.165) is 25.3 Å². The second kappa shape index (κ2) is 4.92. The van der Waals surface area contributed by atoms with Crippen molar-refractivity contribution in [1.29, 1.82) is 0 Å². The molecule has 1 aliphatic rings. The van der Waals surface area contributed by atoms with Crippen LogP contribution in [0.1, 0.15) is 19.3 Å². The molecule has 0 amide bonds. The van der Waals surface area contributed by atoms with Crippen LogP contribution < -0.4 is 0 Å². The maximum atomic E-state index is 13.6. The number of sulfonamides is 1. The van der Waals surface area contributed by atoms with Gasteiger partial charge in [0.05, 0.1) is 0 Å². The van der Waals surface area contributed by atoms with Crippen molar-refractivity contribution in [3.63, 3.8) is 0 Å². The Morgan fingerprint density at radius 3 is 2.41 bits per heavy atom. The number of nitrogens with zero attached hydrogens (tertiary/aromatic N) is 1. The van der Waals surface area contributed by atoms with Gasteiger partial charge in [0, 0.05) is 18.1 Å². The van der Waals surface area contributed by atoms with Gasteiger partial charge in [-0.25, -0.2) is 12.8 Å². The lowest BCUT2D eigenvalue weighted by Crippen LogP contribution is -2.36. The van der Waals surface area contributed by atoms with Crippen LogP contribution in [-0.4, -0.2) is 25.8 Å². The Labute approximate surface area is 105 Å². The van der Waals surface area contributed by atoms with Gasteiger partial charge in [-0.15, -0.1) is 0 Å². The summed E-state index contributed by atoms with van der Waals surface area (Å²) < 4.78 is 39.3. The molecule has 17 heavy (non-hydrogen) atoms. The Kier molecular flexibility index (Phi) is 3.70. The summed E-state index contributed by atoms with van der Waals surface area (Å²) in [5.41, 5.74) is 0. The van der Waals surface area contributed by atoms with Crippen molar-refractivity contribution in [2.75, 3.05) is 13.1 Å². The van der Waals surface area contributed by atoms with E-state index in [0.29, 0.717) is 13.1 Å². The van der Waals surface area contributed by atoms with E-state index in [2.05, 4.69) is 0 Å². The summed E-state index contributed by atoms with van der Waals surface area (Å²) in [6.45, 7) is 0.925. The molecule has 0 bridgehead atoms. The van der Waals surface area contributed by atoms with Gasteiger partial charge in [-0.1, -0.05) is 18.0 Å².